The van der Waals surface area contributed by atoms with Gasteiger partial charge in [-0.25, -0.2) is 14.2 Å². The SMILES string of the molecule is Cc1nc(CCNC(=O)c2ccc(NC(=O)N3Cc4ccc(F)cc4C3)cc2)cs1. The monoisotopic (exact) mass is 424 g/mol. The highest BCUT2D eigenvalue weighted by atomic mass is 32.1. The molecule has 2 aromatic carbocycles. The zero-order chi connectivity index (χ0) is 21.1. The van der Waals surface area contributed by atoms with Gasteiger partial charge in [0.2, 0.25) is 0 Å². The summed E-state index contributed by atoms with van der Waals surface area (Å²) in [7, 11) is 0. The molecule has 3 amide bonds. The first-order chi connectivity index (χ1) is 14.5. The van der Waals surface area contributed by atoms with Crippen LogP contribution in [0.3, 0.4) is 0 Å². The second kappa shape index (κ2) is 8.62. The molecule has 0 unspecified atom stereocenters. The van der Waals surface area contributed by atoms with Crippen molar-refractivity contribution < 1.29 is 14.0 Å². The van der Waals surface area contributed by atoms with E-state index in [1.165, 1.54) is 12.1 Å². The molecule has 1 aromatic heterocycles. The van der Waals surface area contributed by atoms with Crippen molar-refractivity contribution >= 4 is 29.0 Å². The quantitative estimate of drug-likeness (QED) is 0.647. The second-order valence-corrected chi connectivity index (χ2v) is 8.20. The van der Waals surface area contributed by atoms with Crippen molar-refractivity contribution in [3.8, 4) is 0 Å². The molecule has 0 saturated carbocycles. The van der Waals surface area contributed by atoms with Crippen LogP contribution in [0.4, 0.5) is 14.9 Å². The molecule has 0 spiro atoms. The molecule has 2 heterocycles. The van der Waals surface area contributed by atoms with Gasteiger partial charge in [0, 0.05) is 42.7 Å². The number of carbonyl (C=O) groups is 2. The molecule has 1 aliphatic heterocycles. The van der Waals surface area contributed by atoms with Crippen LogP contribution < -0.4 is 10.6 Å². The number of anilines is 1. The van der Waals surface area contributed by atoms with Gasteiger partial charge < -0.3 is 15.5 Å². The van der Waals surface area contributed by atoms with Crippen LogP contribution in [-0.4, -0.2) is 28.4 Å². The van der Waals surface area contributed by atoms with Crippen LogP contribution in [0.2, 0.25) is 0 Å². The summed E-state index contributed by atoms with van der Waals surface area (Å²) in [6.07, 6.45) is 0.687. The largest absolute Gasteiger partial charge is 0.352 e. The highest BCUT2D eigenvalue weighted by Crippen LogP contribution is 2.24. The average Bonchev–Trinajstić information content (AvgIpc) is 3.34. The van der Waals surface area contributed by atoms with E-state index in [9.17, 15) is 14.0 Å². The van der Waals surface area contributed by atoms with Crippen molar-refractivity contribution in [2.75, 3.05) is 11.9 Å². The topological polar surface area (TPSA) is 74.3 Å². The molecular weight excluding hydrogens is 403 g/mol. The summed E-state index contributed by atoms with van der Waals surface area (Å²) in [5, 5.41) is 8.70. The summed E-state index contributed by atoms with van der Waals surface area (Å²) in [4.78, 5) is 30.8. The highest BCUT2D eigenvalue weighted by Gasteiger charge is 2.23. The molecule has 6 nitrogen and oxygen atoms in total. The number of nitrogens with zero attached hydrogens (tertiary/aromatic N) is 2. The molecule has 0 radical (unpaired) electrons. The number of aryl methyl sites for hydroxylation is 1. The first-order valence-corrected chi connectivity index (χ1v) is 10.5. The Morgan fingerprint density at radius 2 is 1.90 bits per heavy atom. The third kappa shape index (κ3) is 4.65. The predicted octanol–water partition coefficient (Wildman–Crippen LogP) is 4.11. The Bertz CT molecular complexity index is 1080. The molecular formula is C22H21FN4O2S. The molecule has 0 fully saturated rings. The maximum atomic E-state index is 13.4. The number of thiazole rings is 1. The lowest BCUT2D eigenvalue weighted by Crippen LogP contribution is -2.30. The van der Waals surface area contributed by atoms with E-state index in [2.05, 4.69) is 15.6 Å². The number of benzene rings is 2. The fourth-order valence-electron chi connectivity index (χ4n) is 3.34. The van der Waals surface area contributed by atoms with Gasteiger partial charge in [-0.3, -0.25) is 4.79 Å². The Morgan fingerprint density at radius 1 is 1.13 bits per heavy atom. The number of carbonyl (C=O) groups excluding carboxylic acids is 2. The van der Waals surface area contributed by atoms with Crippen molar-refractivity contribution in [3.63, 3.8) is 0 Å². The van der Waals surface area contributed by atoms with Gasteiger partial charge in [0.05, 0.1) is 10.7 Å². The van der Waals surface area contributed by atoms with E-state index < -0.39 is 0 Å². The van der Waals surface area contributed by atoms with Gasteiger partial charge in [0.15, 0.2) is 0 Å². The number of rotatable bonds is 5. The minimum Gasteiger partial charge on any atom is -0.352 e. The lowest BCUT2D eigenvalue weighted by Gasteiger charge is -2.16. The number of hydrogen-bond acceptors (Lipinski definition) is 4. The van der Waals surface area contributed by atoms with Crippen LogP contribution in [0.25, 0.3) is 0 Å². The first-order valence-electron chi connectivity index (χ1n) is 9.60. The standard InChI is InChI=1S/C22H21FN4O2S/c1-14-25-20(13-30-14)8-9-24-21(28)15-3-6-19(7-4-15)26-22(29)27-11-16-2-5-18(23)10-17(16)12-27/h2-7,10,13H,8-9,11-12H2,1H3,(H,24,28)(H,26,29). The lowest BCUT2D eigenvalue weighted by molar-refractivity contribution is 0.0954. The van der Waals surface area contributed by atoms with E-state index >= 15 is 0 Å². The molecule has 8 heteroatoms. The van der Waals surface area contributed by atoms with Crippen LogP contribution >= 0.6 is 11.3 Å². The van der Waals surface area contributed by atoms with Gasteiger partial charge in [-0.1, -0.05) is 6.07 Å². The number of urea groups is 1. The van der Waals surface area contributed by atoms with E-state index in [1.807, 2.05) is 12.3 Å². The Labute approximate surface area is 177 Å². The molecule has 154 valence electrons. The van der Waals surface area contributed by atoms with Crippen molar-refractivity contribution in [3.05, 3.63) is 81.1 Å². The zero-order valence-electron chi connectivity index (χ0n) is 16.4. The minimum absolute atomic E-state index is 0.170. The maximum Gasteiger partial charge on any atom is 0.322 e. The highest BCUT2D eigenvalue weighted by molar-refractivity contribution is 7.09. The van der Waals surface area contributed by atoms with E-state index in [4.69, 9.17) is 0 Å². The molecule has 0 aliphatic carbocycles. The maximum absolute atomic E-state index is 13.4. The third-order valence-corrected chi connectivity index (χ3v) is 5.73. The van der Waals surface area contributed by atoms with Gasteiger partial charge >= 0.3 is 6.03 Å². The number of fused-ring (bicyclic) bond motifs is 1. The summed E-state index contributed by atoms with van der Waals surface area (Å²) in [5.41, 5.74) is 3.86. The molecule has 2 N–H and O–H groups in total. The molecule has 1 aliphatic rings. The number of aromatic nitrogens is 1. The predicted molar refractivity (Wildman–Crippen MR) is 114 cm³/mol. The van der Waals surface area contributed by atoms with Gasteiger partial charge in [-0.2, -0.15) is 0 Å². The van der Waals surface area contributed by atoms with Crippen molar-refractivity contribution in [1.82, 2.24) is 15.2 Å². The van der Waals surface area contributed by atoms with Crippen LogP contribution in [0.5, 0.6) is 0 Å². The van der Waals surface area contributed by atoms with Crippen LogP contribution in [0.15, 0.2) is 47.8 Å². The lowest BCUT2D eigenvalue weighted by atomic mass is 10.1. The molecule has 0 atom stereocenters. The Kier molecular flexibility index (Phi) is 5.76. The van der Waals surface area contributed by atoms with E-state index in [-0.39, 0.29) is 17.8 Å². The Balaban J connectivity index is 1.28. The molecule has 4 rings (SSSR count). The minimum atomic E-state index is -0.299. The van der Waals surface area contributed by atoms with Gasteiger partial charge in [0.1, 0.15) is 5.82 Å². The van der Waals surface area contributed by atoms with Crippen LogP contribution in [0.1, 0.15) is 32.2 Å². The van der Waals surface area contributed by atoms with Gasteiger partial charge in [-0.15, -0.1) is 11.3 Å². The summed E-state index contributed by atoms with van der Waals surface area (Å²) >= 11 is 1.59. The first kappa shape index (κ1) is 20.0. The number of halogens is 1. The van der Waals surface area contributed by atoms with Gasteiger partial charge in [-0.05, 0) is 54.4 Å². The van der Waals surface area contributed by atoms with Crippen LogP contribution in [0, 0.1) is 12.7 Å². The summed E-state index contributed by atoms with van der Waals surface area (Å²) in [6.45, 7) is 3.28. The summed E-state index contributed by atoms with van der Waals surface area (Å²) in [5.74, 6) is -0.469. The Hall–Kier alpha value is -3.26. The zero-order valence-corrected chi connectivity index (χ0v) is 17.3. The Morgan fingerprint density at radius 3 is 2.63 bits per heavy atom. The third-order valence-electron chi connectivity index (χ3n) is 4.91. The van der Waals surface area contributed by atoms with Crippen LogP contribution in [-0.2, 0) is 19.5 Å². The normalized spacial score (nSPS) is 12.5. The van der Waals surface area contributed by atoms with E-state index in [1.54, 1.807) is 46.6 Å². The number of hydrogen-bond donors (Lipinski definition) is 2. The van der Waals surface area contributed by atoms with Gasteiger partial charge in [0.25, 0.3) is 5.91 Å². The molecule has 0 bridgehead atoms. The smallest absolute Gasteiger partial charge is 0.322 e. The molecule has 30 heavy (non-hydrogen) atoms. The second-order valence-electron chi connectivity index (χ2n) is 7.14. The van der Waals surface area contributed by atoms with Crippen molar-refractivity contribution in [2.24, 2.45) is 0 Å². The summed E-state index contributed by atoms with van der Waals surface area (Å²) < 4.78 is 13.4. The fourth-order valence-corrected chi connectivity index (χ4v) is 3.99. The average molecular weight is 425 g/mol. The van der Waals surface area contributed by atoms with E-state index in [0.29, 0.717) is 37.3 Å². The van der Waals surface area contributed by atoms with Crippen molar-refractivity contribution in [2.45, 2.75) is 26.4 Å². The molecule has 3 aromatic rings. The molecule has 0 saturated heterocycles. The number of amides is 3. The summed E-state index contributed by atoms with van der Waals surface area (Å²) in [6, 6.07) is 11.0. The van der Waals surface area contributed by atoms with E-state index in [0.717, 1.165) is 21.8 Å². The number of nitrogens with one attached hydrogen (secondary N) is 2. The van der Waals surface area contributed by atoms with Crippen molar-refractivity contribution in [1.29, 1.82) is 0 Å². The fraction of sp³-hybridized carbons (Fsp3) is 0.227.